The van der Waals surface area contributed by atoms with E-state index in [1.165, 1.54) is 14.2 Å². The smallest absolute Gasteiger partial charge is 0.355 e. The molecule has 33 heavy (non-hydrogen) atoms. The van der Waals surface area contributed by atoms with Gasteiger partial charge in [-0.15, -0.1) is 0 Å². The number of methoxy groups -OCH3 is 4. The number of aromatic nitrogens is 1. The minimum Gasteiger partial charge on any atom is -0.497 e. The lowest BCUT2D eigenvalue weighted by molar-refractivity contribution is 0.0583. The number of rotatable bonds is 6. The zero-order chi connectivity index (χ0) is 23.5. The number of pyridine rings is 1. The third-order valence-electron chi connectivity index (χ3n) is 5.49. The van der Waals surface area contributed by atoms with Gasteiger partial charge in [0.2, 0.25) is 0 Å². The van der Waals surface area contributed by atoms with Crippen molar-refractivity contribution < 1.29 is 28.5 Å². The van der Waals surface area contributed by atoms with Crippen LogP contribution in [0.2, 0.25) is 0 Å². The Kier molecular flexibility index (Phi) is 6.04. The van der Waals surface area contributed by atoms with E-state index in [1.54, 1.807) is 36.9 Å². The number of fused-ring (bicyclic) bond motifs is 1. The van der Waals surface area contributed by atoms with Gasteiger partial charge in [-0.1, -0.05) is 24.3 Å². The fourth-order valence-corrected chi connectivity index (χ4v) is 3.88. The Morgan fingerprint density at radius 3 is 1.64 bits per heavy atom. The third kappa shape index (κ3) is 3.89. The van der Waals surface area contributed by atoms with Crippen LogP contribution >= 0.6 is 0 Å². The third-order valence-corrected chi connectivity index (χ3v) is 5.49. The maximum atomic E-state index is 13.0. The monoisotopic (exact) mass is 445 g/mol. The topological polar surface area (TPSA) is 75.5 Å². The molecule has 168 valence electrons. The normalized spacial score (nSPS) is 10.7. The molecular formula is C26H23NO6. The van der Waals surface area contributed by atoms with Crippen molar-refractivity contribution in [1.29, 1.82) is 0 Å². The number of esters is 2. The van der Waals surface area contributed by atoms with Gasteiger partial charge in [-0.3, -0.25) is 0 Å². The molecule has 7 heteroatoms. The van der Waals surface area contributed by atoms with Crippen LogP contribution in [0, 0.1) is 0 Å². The van der Waals surface area contributed by atoms with E-state index in [9.17, 15) is 9.59 Å². The van der Waals surface area contributed by atoms with Crippen LogP contribution in [0.4, 0.5) is 0 Å². The second kappa shape index (κ2) is 9.08. The standard InChI is InChI=1S/C26H23NO6/c1-30-19-10-5-16(6-11-19)22-21-14-9-18(25(28)32-3)15-27(21)24(26(29)33-4)23(22)17-7-12-20(31-2)13-8-17/h5-15H,1-4H3. The molecule has 0 unspecified atom stereocenters. The molecule has 0 N–H and O–H groups in total. The number of hydrogen-bond donors (Lipinski definition) is 0. The molecule has 0 aliphatic rings. The molecule has 4 aromatic rings. The first-order valence-corrected chi connectivity index (χ1v) is 10.2. The molecule has 0 fully saturated rings. The van der Waals surface area contributed by atoms with Crippen molar-refractivity contribution in [2.45, 2.75) is 0 Å². The lowest BCUT2D eigenvalue weighted by Crippen LogP contribution is -2.09. The average molecular weight is 445 g/mol. The maximum Gasteiger partial charge on any atom is 0.355 e. The van der Waals surface area contributed by atoms with Crippen LogP contribution in [0.1, 0.15) is 20.8 Å². The zero-order valence-corrected chi connectivity index (χ0v) is 18.7. The summed E-state index contributed by atoms with van der Waals surface area (Å²) in [6.07, 6.45) is 1.59. The van der Waals surface area contributed by atoms with E-state index < -0.39 is 11.9 Å². The van der Waals surface area contributed by atoms with Gasteiger partial charge in [-0.2, -0.15) is 0 Å². The molecule has 0 amide bonds. The zero-order valence-electron chi connectivity index (χ0n) is 18.7. The fraction of sp³-hybridized carbons (Fsp3) is 0.154. The van der Waals surface area contributed by atoms with E-state index in [-0.39, 0.29) is 0 Å². The Morgan fingerprint density at radius 1 is 0.636 bits per heavy atom. The van der Waals surface area contributed by atoms with Crippen molar-refractivity contribution in [3.63, 3.8) is 0 Å². The molecule has 7 nitrogen and oxygen atoms in total. The fourth-order valence-electron chi connectivity index (χ4n) is 3.88. The predicted molar refractivity (Wildman–Crippen MR) is 124 cm³/mol. The summed E-state index contributed by atoms with van der Waals surface area (Å²) in [5.41, 5.74) is 4.52. The van der Waals surface area contributed by atoms with Crippen LogP contribution in [-0.4, -0.2) is 44.8 Å². The summed E-state index contributed by atoms with van der Waals surface area (Å²) in [6.45, 7) is 0. The van der Waals surface area contributed by atoms with Gasteiger partial charge in [0.05, 0.1) is 39.5 Å². The number of ether oxygens (including phenoxy) is 4. The van der Waals surface area contributed by atoms with Crippen LogP contribution in [0.15, 0.2) is 66.9 Å². The summed E-state index contributed by atoms with van der Waals surface area (Å²) in [6, 6.07) is 18.5. The van der Waals surface area contributed by atoms with Crippen LogP contribution in [-0.2, 0) is 9.47 Å². The van der Waals surface area contributed by atoms with E-state index in [1.807, 2.05) is 48.5 Å². The minimum absolute atomic E-state index is 0.300. The highest BCUT2D eigenvalue weighted by molar-refractivity contribution is 6.07. The van der Waals surface area contributed by atoms with Crippen molar-refractivity contribution in [2.75, 3.05) is 28.4 Å². The number of nitrogens with zero attached hydrogens (tertiary/aromatic N) is 1. The van der Waals surface area contributed by atoms with Crippen molar-refractivity contribution in [2.24, 2.45) is 0 Å². The van der Waals surface area contributed by atoms with Crippen molar-refractivity contribution in [1.82, 2.24) is 4.40 Å². The lowest BCUT2D eigenvalue weighted by Gasteiger charge is -2.09. The summed E-state index contributed by atoms with van der Waals surface area (Å²) >= 11 is 0. The van der Waals surface area contributed by atoms with Crippen molar-refractivity contribution >= 4 is 17.5 Å². The Bertz CT molecular complexity index is 1320. The molecule has 2 aromatic heterocycles. The molecule has 0 bridgehead atoms. The van der Waals surface area contributed by atoms with E-state index in [0.29, 0.717) is 22.6 Å². The van der Waals surface area contributed by atoms with Gasteiger partial charge in [-0.25, -0.2) is 9.59 Å². The second-order valence-corrected chi connectivity index (χ2v) is 7.21. The van der Waals surface area contributed by atoms with E-state index in [0.717, 1.165) is 28.0 Å². The van der Waals surface area contributed by atoms with E-state index in [2.05, 4.69) is 0 Å². The molecular weight excluding hydrogens is 422 g/mol. The van der Waals surface area contributed by atoms with Gasteiger partial charge >= 0.3 is 11.9 Å². The number of hydrogen-bond acceptors (Lipinski definition) is 6. The first-order valence-electron chi connectivity index (χ1n) is 10.2. The Balaban J connectivity index is 2.11. The summed E-state index contributed by atoms with van der Waals surface area (Å²) in [4.78, 5) is 25.2. The molecule has 0 aliphatic carbocycles. The second-order valence-electron chi connectivity index (χ2n) is 7.21. The van der Waals surface area contributed by atoms with Crippen molar-refractivity contribution in [3.8, 4) is 33.8 Å². The summed E-state index contributed by atoms with van der Waals surface area (Å²) in [5, 5.41) is 0. The predicted octanol–water partition coefficient (Wildman–Crippen LogP) is 4.86. The summed E-state index contributed by atoms with van der Waals surface area (Å²) in [5.74, 6) is 0.381. The summed E-state index contributed by atoms with van der Waals surface area (Å²) < 4.78 is 22.3. The van der Waals surface area contributed by atoms with Gasteiger partial charge in [0.15, 0.2) is 0 Å². The van der Waals surface area contributed by atoms with Crippen molar-refractivity contribution in [3.05, 3.63) is 78.1 Å². The first-order chi connectivity index (χ1) is 16.0. The van der Waals surface area contributed by atoms with Crippen LogP contribution < -0.4 is 9.47 Å². The minimum atomic E-state index is -0.530. The lowest BCUT2D eigenvalue weighted by atomic mass is 9.95. The molecule has 2 heterocycles. The molecule has 0 saturated heterocycles. The SMILES string of the molecule is COC(=O)c1ccc2c(-c3ccc(OC)cc3)c(-c3ccc(OC)cc3)c(C(=O)OC)n2c1. The van der Waals surface area contributed by atoms with Gasteiger partial charge in [0.25, 0.3) is 0 Å². The highest BCUT2D eigenvalue weighted by Crippen LogP contribution is 2.41. The molecule has 0 atom stereocenters. The molecule has 0 aliphatic heterocycles. The van der Waals surface area contributed by atoms with Crippen LogP contribution in [0.25, 0.3) is 27.8 Å². The van der Waals surface area contributed by atoms with Crippen LogP contribution in [0.3, 0.4) is 0 Å². The quantitative estimate of drug-likeness (QED) is 0.395. The van der Waals surface area contributed by atoms with Gasteiger partial charge in [-0.05, 0) is 47.5 Å². The maximum absolute atomic E-state index is 13.0. The molecule has 0 radical (unpaired) electrons. The highest BCUT2D eigenvalue weighted by atomic mass is 16.5. The molecule has 0 spiro atoms. The van der Waals surface area contributed by atoms with Gasteiger partial charge < -0.3 is 23.3 Å². The Morgan fingerprint density at radius 2 is 1.15 bits per heavy atom. The number of carbonyl (C=O) groups is 2. The van der Waals surface area contributed by atoms with Gasteiger partial charge in [0, 0.05) is 17.3 Å². The number of carbonyl (C=O) groups excluding carboxylic acids is 2. The van der Waals surface area contributed by atoms with Crippen LogP contribution in [0.5, 0.6) is 11.5 Å². The van der Waals surface area contributed by atoms with E-state index in [4.69, 9.17) is 18.9 Å². The highest BCUT2D eigenvalue weighted by Gasteiger charge is 2.27. The Hall–Kier alpha value is -4.26. The molecule has 4 rings (SSSR count). The van der Waals surface area contributed by atoms with E-state index >= 15 is 0 Å². The first kappa shape index (κ1) is 22.0. The Labute approximate surface area is 191 Å². The summed E-state index contributed by atoms with van der Waals surface area (Å²) in [7, 11) is 5.85. The number of benzene rings is 2. The van der Waals surface area contributed by atoms with Gasteiger partial charge in [0.1, 0.15) is 17.2 Å². The molecule has 2 aromatic carbocycles. The average Bonchev–Trinajstić information content (AvgIpc) is 3.22. The largest absolute Gasteiger partial charge is 0.497 e. The molecule has 0 saturated carbocycles.